The third-order valence-corrected chi connectivity index (χ3v) is 9.86. The average molecular weight is 882 g/mol. The number of pyridine rings is 1. The molecule has 0 aliphatic carbocycles. The molecule has 0 radical (unpaired) electrons. The van der Waals surface area contributed by atoms with Crippen molar-refractivity contribution in [3.63, 3.8) is 0 Å². The van der Waals surface area contributed by atoms with Crippen LogP contribution in [0.25, 0.3) is 44.4 Å². The second-order valence-electron chi connectivity index (χ2n) is 16.3. The normalized spacial score (nSPS) is 12.0. The van der Waals surface area contributed by atoms with E-state index in [4.69, 9.17) is 14.8 Å². The SMILES string of the molecule is Cc1cc(C(C)C)c(-c2cnn(-c3[c-]c(Oc4[c-]c5c(cc4)c4ccccc4n5-c4cc(CC(C)C)ccn4)cc(C(C)(C)C)c3)c2)c(C(C)C)c1.[Pt+2]. The molecular formula is C47H50N4OPt. The maximum absolute atomic E-state index is 6.67. The predicted octanol–water partition coefficient (Wildman–Crippen LogP) is 12.5. The Labute approximate surface area is 329 Å². The van der Waals surface area contributed by atoms with E-state index in [1.54, 1.807) is 0 Å². The third kappa shape index (κ3) is 7.78. The number of hydrogen-bond donors (Lipinski definition) is 0. The molecule has 0 unspecified atom stereocenters. The van der Waals surface area contributed by atoms with Crippen molar-refractivity contribution >= 4 is 21.8 Å². The molecule has 4 aromatic carbocycles. The van der Waals surface area contributed by atoms with Gasteiger partial charge in [-0.15, -0.1) is 41.3 Å². The van der Waals surface area contributed by atoms with Gasteiger partial charge in [0.05, 0.1) is 6.20 Å². The van der Waals surface area contributed by atoms with Crippen LogP contribution in [0.5, 0.6) is 11.5 Å². The van der Waals surface area contributed by atoms with Gasteiger partial charge in [-0.2, -0.15) is 11.2 Å². The fourth-order valence-corrected chi connectivity index (χ4v) is 7.28. The van der Waals surface area contributed by atoms with E-state index in [1.165, 1.54) is 27.8 Å². The summed E-state index contributed by atoms with van der Waals surface area (Å²) in [6.45, 7) is 22.4. The Morgan fingerprint density at radius 3 is 2.19 bits per heavy atom. The van der Waals surface area contributed by atoms with Crippen molar-refractivity contribution in [2.24, 2.45) is 5.92 Å². The number of benzene rings is 4. The number of para-hydroxylation sites is 1. The van der Waals surface area contributed by atoms with Crippen LogP contribution in [0.2, 0.25) is 0 Å². The monoisotopic (exact) mass is 881 g/mol. The molecule has 0 aliphatic heterocycles. The van der Waals surface area contributed by atoms with Crippen molar-refractivity contribution in [3.05, 3.63) is 131 Å². The van der Waals surface area contributed by atoms with Gasteiger partial charge < -0.3 is 9.30 Å². The average Bonchev–Trinajstić information content (AvgIpc) is 3.70. The zero-order valence-electron chi connectivity index (χ0n) is 32.6. The molecule has 0 spiro atoms. The summed E-state index contributed by atoms with van der Waals surface area (Å²) >= 11 is 0. The zero-order chi connectivity index (χ0) is 36.9. The summed E-state index contributed by atoms with van der Waals surface area (Å²) in [5.74, 6) is 3.45. The minimum absolute atomic E-state index is 0. The fraction of sp³-hybridized carbons (Fsp3) is 0.319. The van der Waals surface area contributed by atoms with E-state index in [2.05, 4.69) is 159 Å². The maximum Gasteiger partial charge on any atom is 2.00 e. The number of ether oxygens (including phenoxy) is 1. The first kappa shape index (κ1) is 38.3. The third-order valence-electron chi connectivity index (χ3n) is 9.86. The summed E-state index contributed by atoms with van der Waals surface area (Å²) in [7, 11) is 0. The standard InChI is InChI=1S/C47H50N4O.Pt/c1-29(2)19-33-17-18-48-45(22-33)51-43-14-12-11-13-39(43)40-16-15-37(26-44(40)51)52-38-24-35(47(8,9)10)23-36(25-38)50-28-34(27-49-50)46-41(30(3)4)20-32(7)21-42(46)31(5)6;/h11-18,20-24,27-31H,19H2,1-10H3;/q-2;+2. The maximum atomic E-state index is 6.67. The van der Waals surface area contributed by atoms with E-state index in [9.17, 15) is 0 Å². The van der Waals surface area contributed by atoms with Gasteiger partial charge in [-0.3, -0.25) is 4.68 Å². The first-order valence-corrected chi connectivity index (χ1v) is 18.6. The van der Waals surface area contributed by atoms with Crippen LogP contribution in [-0.2, 0) is 32.9 Å². The van der Waals surface area contributed by atoms with Crippen LogP contribution in [0.4, 0.5) is 0 Å². The van der Waals surface area contributed by atoms with E-state index < -0.39 is 0 Å². The molecule has 7 aromatic rings. The molecule has 7 rings (SSSR count). The van der Waals surface area contributed by atoms with Crippen LogP contribution in [0.3, 0.4) is 0 Å². The zero-order valence-corrected chi connectivity index (χ0v) is 34.9. The molecule has 0 bridgehead atoms. The molecule has 3 heterocycles. The molecule has 3 aromatic heterocycles. The Kier molecular flexibility index (Phi) is 10.9. The molecule has 0 aliphatic rings. The van der Waals surface area contributed by atoms with Crippen molar-refractivity contribution in [1.29, 1.82) is 0 Å². The largest absolute Gasteiger partial charge is 2.00 e. The van der Waals surface area contributed by atoms with Gasteiger partial charge in [0, 0.05) is 35.0 Å². The number of nitrogens with zero attached hydrogens (tertiary/aromatic N) is 4. The smallest absolute Gasteiger partial charge is 0.509 e. The van der Waals surface area contributed by atoms with E-state index in [1.807, 2.05) is 23.1 Å². The molecule has 0 fully saturated rings. The second kappa shape index (κ2) is 15.1. The summed E-state index contributed by atoms with van der Waals surface area (Å²) in [5.41, 5.74) is 11.5. The first-order valence-electron chi connectivity index (χ1n) is 18.6. The molecule has 5 nitrogen and oxygen atoms in total. The molecule has 0 atom stereocenters. The van der Waals surface area contributed by atoms with Gasteiger partial charge in [0.2, 0.25) is 0 Å². The van der Waals surface area contributed by atoms with E-state index in [-0.39, 0.29) is 26.5 Å². The van der Waals surface area contributed by atoms with Gasteiger partial charge in [0.25, 0.3) is 0 Å². The Hall–Kier alpha value is -4.47. The Bertz CT molecular complexity index is 2380. The fourth-order valence-electron chi connectivity index (χ4n) is 7.28. The van der Waals surface area contributed by atoms with E-state index in [0.717, 1.165) is 50.9 Å². The second-order valence-corrected chi connectivity index (χ2v) is 16.3. The van der Waals surface area contributed by atoms with Crippen molar-refractivity contribution in [1.82, 2.24) is 19.3 Å². The van der Waals surface area contributed by atoms with Crippen LogP contribution < -0.4 is 4.74 Å². The van der Waals surface area contributed by atoms with Gasteiger partial charge in [-0.25, -0.2) is 4.98 Å². The van der Waals surface area contributed by atoms with Gasteiger partial charge in [-0.05, 0) is 88.0 Å². The molecule has 0 N–H and O–H groups in total. The predicted molar refractivity (Wildman–Crippen MR) is 215 cm³/mol. The van der Waals surface area contributed by atoms with Gasteiger partial charge in [-0.1, -0.05) is 104 Å². The molecule has 53 heavy (non-hydrogen) atoms. The van der Waals surface area contributed by atoms with Crippen molar-refractivity contribution in [3.8, 4) is 34.1 Å². The Morgan fingerprint density at radius 1 is 0.792 bits per heavy atom. The van der Waals surface area contributed by atoms with Crippen LogP contribution in [0.1, 0.15) is 102 Å². The van der Waals surface area contributed by atoms with Crippen molar-refractivity contribution in [2.45, 2.75) is 92.9 Å². The van der Waals surface area contributed by atoms with E-state index >= 15 is 0 Å². The number of hydrogen-bond acceptors (Lipinski definition) is 3. The van der Waals surface area contributed by atoms with Gasteiger partial charge in [0.1, 0.15) is 5.82 Å². The Morgan fingerprint density at radius 2 is 1.51 bits per heavy atom. The molecule has 0 saturated carbocycles. The van der Waals surface area contributed by atoms with Gasteiger partial charge >= 0.3 is 21.1 Å². The minimum Gasteiger partial charge on any atom is -0.509 e. The van der Waals surface area contributed by atoms with E-state index in [0.29, 0.717) is 29.3 Å². The number of fused-ring (bicyclic) bond motifs is 3. The number of aryl methyl sites for hydroxylation is 1. The minimum atomic E-state index is -0.128. The summed E-state index contributed by atoms with van der Waals surface area (Å²) in [6, 6.07) is 33.0. The van der Waals surface area contributed by atoms with Crippen molar-refractivity contribution < 1.29 is 25.8 Å². The number of rotatable bonds is 9. The van der Waals surface area contributed by atoms with Crippen LogP contribution >= 0.6 is 0 Å². The summed E-state index contributed by atoms with van der Waals surface area (Å²) < 4.78 is 10.8. The van der Waals surface area contributed by atoms with Crippen LogP contribution in [0.15, 0.2) is 91.4 Å². The number of aromatic nitrogens is 4. The summed E-state index contributed by atoms with van der Waals surface area (Å²) in [5, 5.41) is 7.17. The first-order chi connectivity index (χ1) is 24.8. The van der Waals surface area contributed by atoms with Crippen molar-refractivity contribution in [2.75, 3.05) is 0 Å². The summed E-state index contributed by atoms with van der Waals surface area (Å²) in [4.78, 5) is 4.83. The summed E-state index contributed by atoms with van der Waals surface area (Å²) in [6.07, 6.45) is 7.04. The molecular weight excluding hydrogens is 832 g/mol. The quantitative estimate of drug-likeness (QED) is 0.136. The van der Waals surface area contributed by atoms with Crippen LogP contribution in [0, 0.1) is 25.0 Å². The van der Waals surface area contributed by atoms with Gasteiger partial charge in [0.15, 0.2) is 0 Å². The Balaban J connectivity index is 0.00000481. The molecule has 0 saturated heterocycles. The molecule has 6 heteroatoms. The topological polar surface area (TPSA) is 44.9 Å². The van der Waals surface area contributed by atoms with Crippen LogP contribution in [-0.4, -0.2) is 19.3 Å². The molecule has 274 valence electrons. The molecule has 0 amide bonds.